The lowest BCUT2D eigenvalue weighted by atomic mass is 10.1. The van der Waals surface area contributed by atoms with Crippen molar-refractivity contribution in [1.82, 2.24) is 19.5 Å². The standard InChI is InChI=1S/C26H27FN6OS/c27-20-12-10-19(11-13-20)24(34)31-14-16-32(17-15-31)26-30-33-23(28-21-8-4-5-9-21)22(29-25(33)35-26)18-6-2-1-3-7-18/h1-3,6-7,10-13,21,28H,4-5,8-9,14-17H2. The van der Waals surface area contributed by atoms with Crippen LogP contribution in [0.3, 0.4) is 0 Å². The van der Waals surface area contributed by atoms with Crippen LogP contribution < -0.4 is 10.2 Å². The SMILES string of the molecule is O=C(c1ccc(F)cc1)N1CCN(c2nn3c(NC4CCCC4)c(-c4ccccc4)nc3s2)CC1. The van der Waals surface area contributed by atoms with Gasteiger partial charge in [0.25, 0.3) is 5.91 Å². The van der Waals surface area contributed by atoms with Crippen LogP contribution in [0.15, 0.2) is 54.6 Å². The summed E-state index contributed by atoms with van der Waals surface area (Å²) in [5.74, 6) is 0.567. The first kappa shape index (κ1) is 22.0. The maximum Gasteiger partial charge on any atom is 0.253 e. The second-order valence-electron chi connectivity index (χ2n) is 9.17. The van der Waals surface area contributed by atoms with Crippen molar-refractivity contribution in [3.63, 3.8) is 0 Å². The second-order valence-corrected chi connectivity index (χ2v) is 10.1. The van der Waals surface area contributed by atoms with Crippen LogP contribution in [0.25, 0.3) is 16.2 Å². The summed E-state index contributed by atoms with van der Waals surface area (Å²) >= 11 is 1.58. The summed E-state index contributed by atoms with van der Waals surface area (Å²) in [5, 5.41) is 9.60. The molecule has 6 rings (SSSR count). The van der Waals surface area contributed by atoms with Crippen LogP contribution in [0, 0.1) is 5.82 Å². The van der Waals surface area contributed by atoms with Gasteiger partial charge in [-0.05, 0) is 37.1 Å². The van der Waals surface area contributed by atoms with Gasteiger partial charge in [-0.15, -0.1) is 5.10 Å². The number of imidazole rings is 1. The molecule has 2 aromatic heterocycles. The quantitative estimate of drug-likeness (QED) is 0.431. The topological polar surface area (TPSA) is 65.8 Å². The largest absolute Gasteiger partial charge is 0.365 e. The van der Waals surface area contributed by atoms with E-state index >= 15 is 0 Å². The van der Waals surface area contributed by atoms with Gasteiger partial charge in [0.15, 0.2) is 5.82 Å². The van der Waals surface area contributed by atoms with Gasteiger partial charge >= 0.3 is 0 Å². The predicted molar refractivity (Wildman–Crippen MR) is 137 cm³/mol. The average molecular weight is 491 g/mol. The van der Waals surface area contributed by atoms with Crippen molar-refractivity contribution in [3.05, 3.63) is 66.0 Å². The zero-order valence-electron chi connectivity index (χ0n) is 19.4. The lowest BCUT2D eigenvalue weighted by molar-refractivity contribution is 0.0746. The highest BCUT2D eigenvalue weighted by atomic mass is 32.1. The molecule has 0 spiro atoms. The first-order valence-electron chi connectivity index (χ1n) is 12.2. The van der Waals surface area contributed by atoms with E-state index in [0.29, 0.717) is 37.8 Å². The number of nitrogens with zero attached hydrogens (tertiary/aromatic N) is 5. The zero-order chi connectivity index (χ0) is 23.8. The first-order chi connectivity index (χ1) is 17.2. The minimum atomic E-state index is -0.336. The van der Waals surface area contributed by atoms with E-state index in [2.05, 4.69) is 22.3 Å². The highest BCUT2D eigenvalue weighted by Gasteiger charge is 2.27. The van der Waals surface area contributed by atoms with Crippen molar-refractivity contribution in [3.8, 4) is 11.3 Å². The molecule has 3 heterocycles. The fourth-order valence-corrected chi connectivity index (χ4v) is 5.89. The van der Waals surface area contributed by atoms with Gasteiger partial charge in [-0.2, -0.15) is 4.52 Å². The third kappa shape index (κ3) is 4.36. The molecule has 1 saturated heterocycles. The predicted octanol–water partition coefficient (Wildman–Crippen LogP) is 4.91. The Balaban J connectivity index is 1.22. The van der Waals surface area contributed by atoms with Crippen molar-refractivity contribution < 1.29 is 9.18 Å². The van der Waals surface area contributed by atoms with Crippen molar-refractivity contribution in [2.45, 2.75) is 31.7 Å². The van der Waals surface area contributed by atoms with E-state index < -0.39 is 0 Å². The number of carbonyl (C=O) groups is 1. The molecule has 2 aromatic carbocycles. The Labute approximate surface area is 207 Å². The van der Waals surface area contributed by atoms with E-state index in [9.17, 15) is 9.18 Å². The molecule has 0 unspecified atom stereocenters. The molecule has 9 heteroatoms. The summed E-state index contributed by atoms with van der Waals surface area (Å²) in [6.45, 7) is 2.59. The number of nitrogens with one attached hydrogen (secondary N) is 1. The van der Waals surface area contributed by atoms with Gasteiger partial charge < -0.3 is 15.1 Å². The van der Waals surface area contributed by atoms with E-state index in [0.717, 1.165) is 27.2 Å². The number of amides is 1. The number of aromatic nitrogens is 3. The Bertz CT molecular complexity index is 1320. The third-order valence-electron chi connectivity index (χ3n) is 6.86. The molecule has 2 aliphatic rings. The highest BCUT2D eigenvalue weighted by Crippen LogP contribution is 2.35. The molecule has 35 heavy (non-hydrogen) atoms. The van der Waals surface area contributed by atoms with Crippen molar-refractivity contribution in [2.24, 2.45) is 0 Å². The minimum absolute atomic E-state index is 0.0610. The summed E-state index contributed by atoms with van der Waals surface area (Å²) in [6.07, 6.45) is 4.85. The maximum absolute atomic E-state index is 13.2. The van der Waals surface area contributed by atoms with Gasteiger partial charge in [0.2, 0.25) is 10.1 Å². The second kappa shape index (κ2) is 9.30. The van der Waals surface area contributed by atoms with Gasteiger partial charge in [-0.1, -0.05) is 54.5 Å². The summed E-state index contributed by atoms with van der Waals surface area (Å²) in [4.78, 5) is 22.7. The number of benzene rings is 2. The summed E-state index contributed by atoms with van der Waals surface area (Å²) in [6, 6.07) is 16.5. The fraction of sp³-hybridized carbons (Fsp3) is 0.346. The Hall–Kier alpha value is -3.46. The molecule has 1 N–H and O–H groups in total. The van der Waals surface area contributed by atoms with Crippen molar-refractivity contribution in [2.75, 3.05) is 36.4 Å². The molecule has 4 aromatic rings. The van der Waals surface area contributed by atoms with E-state index in [1.165, 1.54) is 37.8 Å². The number of piperazine rings is 1. The van der Waals surface area contributed by atoms with E-state index in [4.69, 9.17) is 10.1 Å². The van der Waals surface area contributed by atoms with Crippen LogP contribution in [-0.2, 0) is 0 Å². The smallest absolute Gasteiger partial charge is 0.253 e. The third-order valence-corrected chi connectivity index (χ3v) is 7.83. The average Bonchev–Trinajstić information content (AvgIpc) is 3.63. The van der Waals surface area contributed by atoms with Crippen molar-refractivity contribution in [1.29, 1.82) is 0 Å². The zero-order valence-corrected chi connectivity index (χ0v) is 20.2. The molecular formula is C26H27FN6OS. The van der Waals surface area contributed by atoms with Gasteiger partial charge in [0.05, 0.1) is 0 Å². The molecule has 1 amide bonds. The lowest BCUT2D eigenvalue weighted by Gasteiger charge is -2.34. The minimum Gasteiger partial charge on any atom is -0.365 e. The number of halogens is 1. The lowest BCUT2D eigenvalue weighted by Crippen LogP contribution is -2.48. The summed E-state index contributed by atoms with van der Waals surface area (Å²) in [7, 11) is 0. The van der Waals surface area contributed by atoms with Crippen LogP contribution in [0.5, 0.6) is 0 Å². The summed E-state index contributed by atoms with van der Waals surface area (Å²) < 4.78 is 15.2. The van der Waals surface area contributed by atoms with E-state index in [1.807, 2.05) is 27.6 Å². The van der Waals surface area contributed by atoms with Crippen LogP contribution in [0.4, 0.5) is 15.3 Å². The number of anilines is 2. The Morgan fingerprint density at radius 2 is 1.69 bits per heavy atom. The van der Waals surface area contributed by atoms with Gasteiger partial charge in [-0.3, -0.25) is 4.79 Å². The molecule has 0 bridgehead atoms. The van der Waals surface area contributed by atoms with Crippen molar-refractivity contribution >= 4 is 33.2 Å². The molecule has 180 valence electrons. The fourth-order valence-electron chi connectivity index (χ4n) is 4.93. The molecule has 0 atom stereocenters. The maximum atomic E-state index is 13.2. The van der Waals surface area contributed by atoms with Crippen LogP contribution >= 0.6 is 11.3 Å². The monoisotopic (exact) mass is 490 g/mol. The molecule has 1 aliphatic carbocycles. The molecular weight excluding hydrogens is 463 g/mol. The van der Waals surface area contributed by atoms with E-state index in [-0.39, 0.29) is 11.7 Å². The van der Waals surface area contributed by atoms with Gasteiger partial charge in [-0.25, -0.2) is 9.37 Å². The number of fused-ring (bicyclic) bond motifs is 1. The first-order valence-corrected chi connectivity index (χ1v) is 13.0. The Kier molecular flexibility index (Phi) is 5.85. The Morgan fingerprint density at radius 1 is 0.971 bits per heavy atom. The Morgan fingerprint density at radius 3 is 2.40 bits per heavy atom. The van der Waals surface area contributed by atoms with Gasteiger partial charge in [0.1, 0.15) is 11.5 Å². The highest BCUT2D eigenvalue weighted by molar-refractivity contribution is 7.20. The number of rotatable bonds is 5. The molecule has 0 radical (unpaired) electrons. The molecule has 1 aliphatic heterocycles. The number of carbonyl (C=O) groups excluding carboxylic acids is 1. The van der Waals surface area contributed by atoms with Crippen LogP contribution in [0.2, 0.25) is 0 Å². The molecule has 7 nitrogen and oxygen atoms in total. The number of hydrogen-bond donors (Lipinski definition) is 1. The summed E-state index contributed by atoms with van der Waals surface area (Å²) in [5.41, 5.74) is 2.54. The van der Waals surface area contributed by atoms with E-state index in [1.54, 1.807) is 23.5 Å². The van der Waals surface area contributed by atoms with Crippen LogP contribution in [0.1, 0.15) is 36.0 Å². The molecule has 2 fully saturated rings. The normalized spacial score (nSPS) is 16.8. The van der Waals surface area contributed by atoms with Crippen LogP contribution in [-0.4, -0.2) is 57.6 Å². The molecule has 1 saturated carbocycles. The number of hydrogen-bond acceptors (Lipinski definition) is 6. The van der Waals surface area contributed by atoms with Gasteiger partial charge in [0, 0.05) is 43.3 Å².